The number of hydrogen-bond donors (Lipinski definition) is 2. The molecule has 204 valence electrons. The minimum Gasteiger partial charge on any atom is -0.309 e. The molecule has 0 radical (unpaired) electrons. The molecule has 2 amide bonds. The summed E-state index contributed by atoms with van der Waals surface area (Å²) < 4.78 is 1.37. The van der Waals surface area contributed by atoms with E-state index < -0.39 is 0 Å². The van der Waals surface area contributed by atoms with Crippen LogP contribution in [0, 0.1) is 0 Å². The monoisotopic (exact) mass is 664 g/mol. The lowest BCUT2D eigenvalue weighted by Gasteiger charge is -2.28. The number of hydrogen-bond acceptors (Lipinski definition) is 8. The predicted molar refractivity (Wildman–Crippen MR) is 157 cm³/mol. The predicted octanol–water partition coefficient (Wildman–Crippen LogP) is 5.39. The molecule has 2 N–H and O–H groups in total. The lowest BCUT2D eigenvalue weighted by molar-refractivity contribution is -0.116. The highest BCUT2D eigenvalue weighted by atomic mass is 79.9. The Balaban J connectivity index is 1.14. The Morgan fingerprint density at radius 1 is 0.675 bits per heavy atom. The Labute approximate surface area is 248 Å². The molecule has 2 atom stereocenters. The average Bonchev–Trinajstić information content (AvgIpc) is 2.94. The number of carbonyl (C=O) groups excluding carboxylic acids is 2. The van der Waals surface area contributed by atoms with Gasteiger partial charge in [0.15, 0.2) is 11.6 Å². The van der Waals surface area contributed by atoms with Gasteiger partial charge in [0.25, 0.3) is 0 Å². The van der Waals surface area contributed by atoms with E-state index in [0.29, 0.717) is 32.2 Å². The molecule has 4 aromatic heterocycles. The third-order valence-corrected chi connectivity index (χ3v) is 7.53. The second-order valence-electron chi connectivity index (χ2n) is 9.60. The van der Waals surface area contributed by atoms with E-state index in [1.807, 2.05) is 36.4 Å². The number of aromatic nitrogens is 6. The van der Waals surface area contributed by atoms with Gasteiger partial charge >= 0.3 is 0 Å². The Morgan fingerprint density at radius 2 is 1.15 bits per heavy atom. The van der Waals surface area contributed by atoms with Gasteiger partial charge in [-0.1, -0.05) is 18.6 Å². The van der Waals surface area contributed by atoms with Crippen LogP contribution in [0.2, 0.25) is 0 Å². The van der Waals surface area contributed by atoms with Gasteiger partial charge in [-0.2, -0.15) is 10.2 Å². The van der Waals surface area contributed by atoms with Crippen molar-refractivity contribution in [2.45, 2.75) is 50.4 Å². The van der Waals surface area contributed by atoms with E-state index in [2.05, 4.69) is 72.9 Å². The molecule has 4 aromatic rings. The van der Waals surface area contributed by atoms with Crippen molar-refractivity contribution in [2.24, 2.45) is 0 Å². The second kappa shape index (κ2) is 13.1. The number of halogens is 2. The van der Waals surface area contributed by atoms with Crippen molar-refractivity contribution >= 4 is 55.3 Å². The zero-order valence-electron chi connectivity index (χ0n) is 21.4. The lowest BCUT2D eigenvalue weighted by atomic mass is 9.78. The van der Waals surface area contributed by atoms with Crippen LogP contribution in [0.25, 0.3) is 0 Å². The third-order valence-electron chi connectivity index (χ3n) is 6.64. The fourth-order valence-electron chi connectivity index (χ4n) is 4.78. The van der Waals surface area contributed by atoms with Crippen LogP contribution in [-0.2, 0) is 22.4 Å². The fraction of sp³-hybridized carbons (Fsp3) is 0.286. The maximum atomic E-state index is 12.4. The zero-order chi connectivity index (χ0) is 27.9. The van der Waals surface area contributed by atoms with Gasteiger partial charge in [0.1, 0.15) is 9.21 Å². The Bertz CT molecular complexity index is 1370. The van der Waals surface area contributed by atoms with Crippen LogP contribution in [0.1, 0.15) is 60.3 Å². The van der Waals surface area contributed by atoms with E-state index in [-0.39, 0.29) is 36.5 Å². The fourth-order valence-corrected chi connectivity index (χ4v) is 5.54. The maximum absolute atomic E-state index is 12.4. The molecule has 1 aliphatic carbocycles. The van der Waals surface area contributed by atoms with Crippen LogP contribution in [0.3, 0.4) is 0 Å². The van der Waals surface area contributed by atoms with Gasteiger partial charge in [-0.05, 0) is 99.7 Å². The van der Waals surface area contributed by atoms with E-state index in [0.717, 1.165) is 37.1 Å². The van der Waals surface area contributed by atoms with Gasteiger partial charge in [0.05, 0.1) is 35.6 Å². The van der Waals surface area contributed by atoms with Gasteiger partial charge in [0, 0.05) is 11.8 Å². The SMILES string of the molecule is O=C(Cc1cccc(Br)n1)Nc1ccc([C@@H]2CCC[C@@H](c3ccc(NC(=O)Cc4cccc(Br)n4)nn3)C2)nn1. The Kier molecular flexibility index (Phi) is 9.17. The topological polar surface area (TPSA) is 136 Å². The molecule has 5 rings (SSSR count). The van der Waals surface area contributed by atoms with Crippen molar-refractivity contribution in [2.75, 3.05) is 10.6 Å². The van der Waals surface area contributed by atoms with Gasteiger partial charge in [-0.15, -0.1) is 10.2 Å². The highest BCUT2D eigenvalue weighted by molar-refractivity contribution is 9.10. The van der Waals surface area contributed by atoms with E-state index >= 15 is 0 Å². The van der Waals surface area contributed by atoms with Crippen LogP contribution in [0.4, 0.5) is 11.6 Å². The molecular formula is C28H26Br2N8O2. The summed E-state index contributed by atoms with van der Waals surface area (Å²) in [6, 6.07) is 18.3. The van der Waals surface area contributed by atoms with Gasteiger partial charge in [-0.25, -0.2) is 9.97 Å². The van der Waals surface area contributed by atoms with Crippen molar-refractivity contribution in [1.82, 2.24) is 30.4 Å². The molecule has 4 heterocycles. The van der Waals surface area contributed by atoms with Crippen LogP contribution in [-0.4, -0.2) is 42.2 Å². The van der Waals surface area contributed by atoms with Crippen molar-refractivity contribution in [3.05, 3.63) is 92.6 Å². The minimum atomic E-state index is -0.201. The van der Waals surface area contributed by atoms with Crippen LogP contribution in [0.15, 0.2) is 69.9 Å². The molecule has 12 heteroatoms. The summed E-state index contributed by atoms with van der Waals surface area (Å²) in [7, 11) is 0. The molecule has 0 aliphatic heterocycles. The average molecular weight is 666 g/mol. The Hall–Kier alpha value is -3.64. The van der Waals surface area contributed by atoms with Crippen LogP contribution >= 0.6 is 31.9 Å². The molecule has 0 bridgehead atoms. The maximum Gasteiger partial charge on any atom is 0.231 e. The molecule has 0 unspecified atom stereocenters. The number of nitrogens with zero attached hydrogens (tertiary/aromatic N) is 6. The molecule has 1 saturated carbocycles. The summed E-state index contributed by atoms with van der Waals surface area (Å²) in [6.45, 7) is 0. The number of rotatable bonds is 8. The van der Waals surface area contributed by atoms with Gasteiger partial charge in [0.2, 0.25) is 11.8 Å². The first-order valence-electron chi connectivity index (χ1n) is 12.9. The first-order chi connectivity index (χ1) is 19.4. The summed E-state index contributed by atoms with van der Waals surface area (Å²) in [4.78, 5) is 33.3. The number of nitrogens with one attached hydrogen (secondary N) is 2. The molecule has 1 fully saturated rings. The molecule has 40 heavy (non-hydrogen) atoms. The normalized spacial score (nSPS) is 16.8. The third kappa shape index (κ3) is 7.72. The quantitative estimate of drug-likeness (QED) is 0.239. The van der Waals surface area contributed by atoms with Crippen molar-refractivity contribution in [1.29, 1.82) is 0 Å². The summed E-state index contributed by atoms with van der Waals surface area (Å²) in [5.74, 6) is 0.897. The molecule has 0 aromatic carbocycles. The first-order valence-corrected chi connectivity index (χ1v) is 14.5. The van der Waals surface area contributed by atoms with Crippen LogP contribution < -0.4 is 10.6 Å². The molecule has 0 spiro atoms. The van der Waals surface area contributed by atoms with Crippen LogP contribution in [0.5, 0.6) is 0 Å². The summed E-state index contributed by atoms with van der Waals surface area (Å²) in [6.07, 6.45) is 4.24. The van der Waals surface area contributed by atoms with Gasteiger partial charge in [-0.3, -0.25) is 9.59 Å². The second-order valence-corrected chi connectivity index (χ2v) is 11.2. The largest absolute Gasteiger partial charge is 0.309 e. The lowest BCUT2D eigenvalue weighted by Crippen LogP contribution is -2.19. The zero-order valence-corrected chi connectivity index (χ0v) is 24.6. The first kappa shape index (κ1) is 27.9. The van der Waals surface area contributed by atoms with E-state index in [1.165, 1.54) is 0 Å². The summed E-state index contributed by atoms with van der Waals surface area (Å²) in [5, 5.41) is 22.9. The number of amides is 2. The minimum absolute atomic E-state index is 0.152. The van der Waals surface area contributed by atoms with E-state index in [4.69, 9.17) is 0 Å². The Morgan fingerprint density at radius 3 is 1.55 bits per heavy atom. The van der Waals surface area contributed by atoms with Gasteiger partial charge < -0.3 is 10.6 Å². The van der Waals surface area contributed by atoms with E-state index in [9.17, 15) is 9.59 Å². The molecule has 10 nitrogen and oxygen atoms in total. The number of pyridine rings is 2. The van der Waals surface area contributed by atoms with Crippen molar-refractivity contribution in [3.8, 4) is 0 Å². The number of carbonyl (C=O) groups is 2. The molecule has 1 aliphatic rings. The van der Waals surface area contributed by atoms with Crippen molar-refractivity contribution < 1.29 is 9.59 Å². The summed E-state index contributed by atoms with van der Waals surface area (Å²) in [5.41, 5.74) is 3.13. The number of anilines is 2. The summed E-state index contributed by atoms with van der Waals surface area (Å²) >= 11 is 6.63. The van der Waals surface area contributed by atoms with E-state index in [1.54, 1.807) is 24.3 Å². The molecule has 0 saturated heterocycles. The molecular weight excluding hydrogens is 640 g/mol. The highest BCUT2D eigenvalue weighted by Gasteiger charge is 2.27. The van der Waals surface area contributed by atoms with Crippen molar-refractivity contribution in [3.63, 3.8) is 0 Å². The highest BCUT2D eigenvalue weighted by Crippen LogP contribution is 2.40. The standard InChI is InChI=1S/C28H26Br2N8O2/c29-23-8-2-6-19(31-23)15-27(39)33-25-12-10-21(35-37-25)17-4-1-5-18(14-17)22-11-13-26(38-36-22)34-28(40)16-20-7-3-9-24(30)32-20/h2-3,6-13,17-18H,1,4-5,14-16H2,(H,33,37,39)(H,34,38,40)/t17-,18-/m1/s1. The smallest absolute Gasteiger partial charge is 0.231 e.